The average Bonchev–Trinajstić information content (AvgIpc) is 2.83. The normalized spacial score (nSPS) is 12.4. The summed E-state index contributed by atoms with van der Waals surface area (Å²) >= 11 is 0. The van der Waals surface area contributed by atoms with E-state index < -0.39 is 0 Å². The van der Waals surface area contributed by atoms with Crippen LogP contribution in [0.15, 0.2) is 24.3 Å². The van der Waals surface area contributed by atoms with Crippen molar-refractivity contribution in [1.82, 2.24) is 20.2 Å². The summed E-state index contributed by atoms with van der Waals surface area (Å²) < 4.78 is 1.68. The predicted molar refractivity (Wildman–Crippen MR) is 76.8 cm³/mol. The number of unbranched alkanes of at least 4 members (excludes halogenated alkanes) is 1. The molecule has 0 fully saturated rings. The number of hydrogen-bond donors (Lipinski definition) is 1. The van der Waals surface area contributed by atoms with E-state index in [-0.39, 0.29) is 0 Å². The molecule has 0 aliphatic heterocycles. The first-order valence-corrected chi connectivity index (χ1v) is 6.80. The highest BCUT2D eigenvalue weighted by atomic mass is 15.5. The largest absolute Gasteiger partial charge is 0.383 e. The third-order valence-electron chi connectivity index (χ3n) is 3.14. The number of tetrazole rings is 1. The highest BCUT2D eigenvalue weighted by Gasteiger charge is 2.07. The van der Waals surface area contributed by atoms with Crippen molar-refractivity contribution in [2.75, 3.05) is 5.32 Å². The second-order valence-corrected chi connectivity index (χ2v) is 4.89. The Morgan fingerprint density at radius 1 is 1.37 bits per heavy atom. The Bertz CT molecular complexity index is 520. The van der Waals surface area contributed by atoms with Crippen LogP contribution in [0.2, 0.25) is 0 Å². The van der Waals surface area contributed by atoms with Crippen molar-refractivity contribution in [3.8, 4) is 11.4 Å². The van der Waals surface area contributed by atoms with Gasteiger partial charge in [-0.1, -0.05) is 31.9 Å². The van der Waals surface area contributed by atoms with E-state index in [1.807, 2.05) is 19.2 Å². The maximum Gasteiger partial charge on any atom is 0.181 e. The van der Waals surface area contributed by atoms with Gasteiger partial charge in [0.15, 0.2) is 5.82 Å². The minimum atomic E-state index is 0.479. The first kappa shape index (κ1) is 13.5. The van der Waals surface area contributed by atoms with E-state index in [4.69, 9.17) is 0 Å². The summed E-state index contributed by atoms with van der Waals surface area (Å²) in [6.45, 7) is 4.43. The fourth-order valence-electron chi connectivity index (χ4n) is 2.09. The summed E-state index contributed by atoms with van der Waals surface area (Å²) in [5, 5.41) is 15.1. The topological polar surface area (TPSA) is 55.6 Å². The quantitative estimate of drug-likeness (QED) is 0.866. The molecule has 0 saturated heterocycles. The minimum absolute atomic E-state index is 0.479. The predicted octanol–water partition coefficient (Wildman–Crippen LogP) is 2.87. The van der Waals surface area contributed by atoms with Crippen LogP contribution in [0.3, 0.4) is 0 Å². The van der Waals surface area contributed by atoms with E-state index in [1.165, 1.54) is 19.3 Å². The van der Waals surface area contributed by atoms with Crippen LogP contribution in [0.4, 0.5) is 5.69 Å². The van der Waals surface area contributed by atoms with Crippen LogP contribution in [-0.2, 0) is 7.05 Å². The zero-order valence-corrected chi connectivity index (χ0v) is 11.8. The van der Waals surface area contributed by atoms with Gasteiger partial charge in [0.2, 0.25) is 0 Å². The molecule has 0 spiro atoms. The number of benzene rings is 1. The molecule has 19 heavy (non-hydrogen) atoms. The lowest BCUT2D eigenvalue weighted by molar-refractivity contribution is 0.645. The number of nitrogens with one attached hydrogen (secondary N) is 1. The third kappa shape index (κ3) is 3.53. The van der Waals surface area contributed by atoms with E-state index in [2.05, 4.69) is 46.8 Å². The molecule has 0 aliphatic rings. The number of anilines is 1. The first-order valence-electron chi connectivity index (χ1n) is 6.80. The van der Waals surface area contributed by atoms with E-state index in [0.29, 0.717) is 6.04 Å². The zero-order valence-electron chi connectivity index (χ0n) is 11.8. The molecule has 5 nitrogen and oxygen atoms in total. The molecule has 2 rings (SSSR count). The summed E-state index contributed by atoms with van der Waals surface area (Å²) in [6.07, 6.45) is 3.67. The molecule has 0 bridgehead atoms. The summed E-state index contributed by atoms with van der Waals surface area (Å²) in [4.78, 5) is 0. The molecule has 1 atom stereocenters. The maximum absolute atomic E-state index is 4.03. The number of aromatic nitrogens is 4. The smallest absolute Gasteiger partial charge is 0.181 e. The van der Waals surface area contributed by atoms with Gasteiger partial charge in [0.05, 0.1) is 0 Å². The van der Waals surface area contributed by atoms with E-state index in [9.17, 15) is 0 Å². The molecule has 0 amide bonds. The maximum atomic E-state index is 4.03. The minimum Gasteiger partial charge on any atom is -0.383 e. The molecular weight excluding hydrogens is 238 g/mol. The van der Waals surface area contributed by atoms with Crippen molar-refractivity contribution in [3.63, 3.8) is 0 Å². The second-order valence-electron chi connectivity index (χ2n) is 4.89. The Balaban J connectivity index is 2.09. The lowest BCUT2D eigenvalue weighted by Crippen LogP contribution is -2.14. The summed E-state index contributed by atoms with van der Waals surface area (Å²) in [5.74, 6) is 0.782. The van der Waals surface area contributed by atoms with Gasteiger partial charge >= 0.3 is 0 Å². The van der Waals surface area contributed by atoms with Crippen molar-refractivity contribution < 1.29 is 0 Å². The molecule has 1 unspecified atom stereocenters. The van der Waals surface area contributed by atoms with Gasteiger partial charge in [-0.15, -0.1) is 5.10 Å². The summed E-state index contributed by atoms with van der Waals surface area (Å²) in [5.41, 5.74) is 2.14. The average molecular weight is 259 g/mol. The van der Waals surface area contributed by atoms with Crippen LogP contribution in [0.1, 0.15) is 33.1 Å². The first-order chi connectivity index (χ1) is 9.20. The van der Waals surface area contributed by atoms with E-state index >= 15 is 0 Å². The Kier molecular flexibility index (Phi) is 4.49. The Hall–Kier alpha value is -1.91. The van der Waals surface area contributed by atoms with Crippen LogP contribution < -0.4 is 5.32 Å². The van der Waals surface area contributed by atoms with Gasteiger partial charge in [-0.25, -0.2) is 4.68 Å². The zero-order chi connectivity index (χ0) is 13.7. The highest BCUT2D eigenvalue weighted by Crippen LogP contribution is 2.20. The lowest BCUT2D eigenvalue weighted by Gasteiger charge is -2.15. The SMILES string of the molecule is CCCCC(C)Nc1cccc(-c2nnnn2C)c1. The molecule has 0 saturated carbocycles. The molecule has 0 radical (unpaired) electrons. The standard InChI is InChI=1S/C14H21N5/c1-4-5-7-11(2)15-13-9-6-8-12(10-13)14-16-17-18-19(14)3/h6,8-11,15H,4-5,7H2,1-3H3. The van der Waals surface area contributed by atoms with Gasteiger partial charge in [-0.2, -0.15) is 0 Å². The van der Waals surface area contributed by atoms with Crippen LogP contribution in [0.5, 0.6) is 0 Å². The van der Waals surface area contributed by atoms with Gasteiger partial charge in [-0.3, -0.25) is 0 Å². The molecular formula is C14H21N5. The summed E-state index contributed by atoms with van der Waals surface area (Å²) in [7, 11) is 1.85. The number of hydrogen-bond acceptors (Lipinski definition) is 4. The Morgan fingerprint density at radius 2 is 2.21 bits per heavy atom. The van der Waals surface area contributed by atoms with E-state index in [0.717, 1.165) is 17.1 Å². The van der Waals surface area contributed by atoms with Crippen molar-refractivity contribution in [1.29, 1.82) is 0 Å². The Labute approximate surface area is 114 Å². The number of nitrogens with zero attached hydrogens (tertiary/aromatic N) is 4. The molecule has 1 aromatic carbocycles. The van der Waals surface area contributed by atoms with E-state index in [1.54, 1.807) is 4.68 Å². The van der Waals surface area contributed by atoms with Crippen LogP contribution in [0.25, 0.3) is 11.4 Å². The fraction of sp³-hybridized carbons (Fsp3) is 0.500. The fourth-order valence-corrected chi connectivity index (χ4v) is 2.09. The third-order valence-corrected chi connectivity index (χ3v) is 3.14. The molecule has 0 aliphatic carbocycles. The molecule has 102 valence electrons. The van der Waals surface area contributed by atoms with Gasteiger partial charge in [0.1, 0.15) is 0 Å². The monoisotopic (exact) mass is 259 g/mol. The van der Waals surface area contributed by atoms with Crippen molar-refractivity contribution in [3.05, 3.63) is 24.3 Å². The van der Waals surface area contributed by atoms with Crippen molar-refractivity contribution in [2.45, 2.75) is 39.2 Å². The number of rotatable bonds is 6. The van der Waals surface area contributed by atoms with Gasteiger partial charge in [0, 0.05) is 24.3 Å². The van der Waals surface area contributed by atoms with Crippen LogP contribution in [0, 0.1) is 0 Å². The molecule has 2 aromatic rings. The molecule has 5 heteroatoms. The van der Waals surface area contributed by atoms with Crippen LogP contribution >= 0.6 is 0 Å². The van der Waals surface area contributed by atoms with Gasteiger partial charge < -0.3 is 5.32 Å². The Morgan fingerprint density at radius 3 is 2.89 bits per heavy atom. The van der Waals surface area contributed by atoms with Crippen molar-refractivity contribution >= 4 is 5.69 Å². The highest BCUT2D eigenvalue weighted by molar-refractivity contribution is 5.62. The lowest BCUT2D eigenvalue weighted by atomic mass is 10.1. The molecule has 1 N–H and O–H groups in total. The van der Waals surface area contributed by atoms with Crippen molar-refractivity contribution in [2.24, 2.45) is 7.05 Å². The van der Waals surface area contributed by atoms with Crippen LogP contribution in [-0.4, -0.2) is 26.2 Å². The van der Waals surface area contributed by atoms with Gasteiger partial charge in [-0.05, 0) is 35.9 Å². The molecule has 1 aromatic heterocycles. The second kappa shape index (κ2) is 6.31. The molecule has 1 heterocycles. The van der Waals surface area contributed by atoms with Gasteiger partial charge in [0.25, 0.3) is 0 Å². The number of aryl methyl sites for hydroxylation is 1. The summed E-state index contributed by atoms with van der Waals surface area (Å²) in [6, 6.07) is 8.70.